The fourth-order valence-electron chi connectivity index (χ4n) is 5.89. The van der Waals surface area contributed by atoms with E-state index in [0.29, 0.717) is 12.2 Å². The SMILES string of the molecule is C=C(C)C(=O)OCCCCCCCCCC[N+](C)(CCCCCCCCCCCCCCCCCC)CCC(C)C. The molecular formula is C38H76NO2+. The van der Waals surface area contributed by atoms with Gasteiger partial charge in [-0.05, 0) is 51.4 Å². The first-order chi connectivity index (χ1) is 19.8. The fraction of sp³-hybridized carbons (Fsp3) is 0.921. The Labute approximate surface area is 259 Å². The molecule has 0 N–H and O–H groups in total. The van der Waals surface area contributed by atoms with E-state index in [2.05, 4.69) is 34.4 Å². The summed E-state index contributed by atoms with van der Waals surface area (Å²) < 4.78 is 6.47. The minimum absolute atomic E-state index is 0.251. The van der Waals surface area contributed by atoms with Crippen molar-refractivity contribution in [3.63, 3.8) is 0 Å². The second-order valence-electron chi connectivity index (χ2n) is 14.0. The Hall–Kier alpha value is -0.830. The second-order valence-corrected chi connectivity index (χ2v) is 14.0. The molecule has 244 valence electrons. The van der Waals surface area contributed by atoms with Crippen molar-refractivity contribution in [1.29, 1.82) is 0 Å². The van der Waals surface area contributed by atoms with Crippen LogP contribution in [0.1, 0.15) is 188 Å². The normalized spacial score (nSPS) is 13.0. The van der Waals surface area contributed by atoms with E-state index in [0.717, 1.165) is 18.8 Å². The number of unbranched alkanes of at least 4 members (excludes halogenated alkanes) is 22. The summed E-state index contributed by atoms with van der Waals surface area (Å²) in [6, 6.07) is 0. The van der Waals surface area contributed by atoms with Crippen molar-refractivity contribution in [3.8, 4) is 0 Å². The maximum atomic E-state index is 11.4. The van der Waals surface area contributed by atoms with E-state index >= 15 is 0 Å². The maximum absolute atomic E-state index is 11.4. The first kappa shape index (κ1) is 40.2. The van der Waals surface area contributed by atoms with Gasteiger partial charge in [-0.25, -0.2) is 4.79 Å². The van der Waals surface area contributed by atoms with Crippen molar-refractivity contribution in [2.75, 3.05) is 33.3 Å². The van der Waals surface area contributed by atoms with Gasteiger partial charge in [-0.2, -0.15) is 0 Å². The topological polar surface area (TPSA) is 26.3 Å². The van der Waals surface area contributed by atoms with Crippen LogP contribution >= 0.6 is 0 Å². The highest BCUT2D eigenvalue weighted by molar-refractivity contribution is 5.86. The zero-order valence-electron chi connectivity index (χ0n) is 29.1. The van der Waals surface area contributed by atoms with Crippen molar-refractivity contribution < 1.29 is 14.0 Å². The van der Waals surface area contributed by atoms with Gasteiger partial charge in [-0.1, -0.05) is 149 Å². The predicted octanol–water partition coefficient (Wildman–Crippen LogP) is 12.0. The molecule has 0 fully saturated rings. The zero-order chi connectivity index (χ0) is 30.4. The fourth-order valence-corrected chi connectivity index (χ4v) is 5.89. The highest BCUT2D eigenvalue weighted by atomic mass is 16.5. The van der Waals surface area contributed by atoms with Crippen LogP contribution in [-0.4, -0.2) is 43.7 Å². The van der Waals surface area contributed by atoms with Crippen molar-refractivity contribution in [1.82, 2.24) is 0 Å². The average Bonchev–Trinajstić information content (AvgIpc) is 2.94. The van der Waals surface area contributed by atoms with E-state index in [4.69, 9.17) is 4.74 Å². The Morgan fingerprint density at radius 3 is 1.27 bits per heavy atom. The summed E-state index contributed by atoms with van der Waals surface area (Å²) in [4.78, 5) is 11.4. The summed E-state index contributed by atoms with van der Waals surface area (Å²) in [5.74, 6) is 0.557. The zero-order valence-corrected chi connectivity index (χ0v) is 29.1. The number of carbonyl (C=O) groups is 1. The lowest BCUT2D eigenvalue weighted by Crippen LogP contribution is -2.46. The Morgan fingerprint density at radius 1 is 0.585 bits per heavy atom. The van der Waals surface area contributed by atoms with Gasteiger partial charge in [0.15, 0.2) is 0 Å². The second kappa shape index (κ2) is 29.3. The molecule has 0 saturated heterocycles. The Balaban J connectivity index is 3.76. The first-order valence-corrected chi connectivity index (χ1v) is 18.5. The van der Waals surface area contributed by atoms with Crippen molar-refractivity contribution in [2.45, 2.75) is 188 Å². The largest absolute Gasteiger partial charge is 0.462 e. The Morgan fingerprint density at radius 2 is 0.927 bits per heavy atom. The minimum atomic E-state index is -0.251. The van der Waals surface area contributed by atoms with Gasteiger partial charge in [0.25, 0.3) is 0 Å². The minimum Gasteiger partial charge on any atom is -0.462 e. The van der Waals surface area contributed by atoms with E-state index in [1.165, 1.54) is 172 Å². The molecule has 41 heavy (non-hydrogen) atoms. The van der Waals surface area contributed by atoms with Gasteiger partial charge >= 0.3 is 5.97 Å². The van der Waals surface area contributed by atoms with E-state index < -0.39 is 0 Å². The van der Waals surface area contributed by atoms with Crippen LogP contribution in [0.5, 0.6) is 0 Å². The van der Waals surface area contributed by atoms with Crippen LogP contribution < -0.4 is 0 Å². The molecule has 3 nitrogen and oxygen atoms in total. The third-order valence-electron chi connectivity index (χ3n) is 8.97. The van der Waals surface area contributed by atoms with Crippen molar-refractivity contribution in [3.05, 3.63) is 12.2 Å². The van der Waals surface area contributed by atoms with Gasteiger partial charge in [0.1, 0.15) is 0 Å². The number of carbonyl (C=O) groups excluding carboxylic acids is 1. The highest BCUT2D eigenvalue weighted by Crippen LogP contribution is 2.18. The molecule has 0 aliphatic rings. The standard InChI is InChI=1S/C38H76NO2/c1-7-8-9-10-11-12-13-14-15-16-17-18-19-22-25-28-32-39(6,34-31-36(2)3)33-29-26-23-20-21-24-27-30-35-41-38(40)37(4)5/h36H,4,7-35H2,1-3,5-6H3/q+1. The van der Waals surface area contributed by atoms with Crippen LogP contribution in [0, 0.1) is 5.92 Å². The van der Waals surface area contributed by atoms with Crippen LogP contribution in [0.3, 0.4) is 0 Å². The molecule has 0 aliphatic carbocycles. The Kier molecular flexibility index (Phi) is 28.7. The molecule has 0 aromatic rings. The number of ether oxygens (including phenoxy) is 1. The molecule has 0 bridgehead atoms. The molecule has 1 atom stereocenters. The summed E-state index contributed by atoms with van der Waals surface area (Å²) in [5.41, 5.74) is 0.494. The number of rotatable bonds is 32. The predicted molar refractivity (Wildman–Crippen MR) is 182 cm³/mol. The van der Waals surface area contributed by atoms with E-state index in [1.54, 1.807) is 6.92 Å². The molecule has 0 radical (unpaired) electrons. The molecule has 0 rings (SSSR count). The quantitative estimate of drug-likeness (QED) is 0.0343. The van der Waals surface area contributed by atoms with Gasteiger partial charge in [0.2, 0.25) is 0 Å². The van der Waals surface area contributed by atoms with Crippen LogP contribution in [0.4, 0.5) is 0 Å². The monoisotopic (exact) mass is 579 g/mol. The molecular weight excluding hydrogens is 502 g/mol. The van der Waals surface area contributed by atoms with Crippen molar-refractivity contribution in [2.24, 2.45) is 5.92 Å². The van der Waals surface area contributed by atoms with Gasteiger partial charge < -0.3 is 9.22 Å². The molecule has 0 saturated carbocycles. The summed E-state index contributed by atoms with van der Waals surface area (Å²) in [7, 11) is 2.54. The Bertz CT molecular complexity index is 587. The molecule has 0 aromatic carbocycles. The number of hydrogen-bond acceptors (Lipinski definition) is 2. The van der Waals surface area contributed by atoms with Crippen LogP contribution in [0.25, 0.3) is 0 Å². The van der Waals surface area contributed by atoms with Gasteiger partial charge in [0.05, 0.1) is 33.3 Å². The smallest absolute Gasteiger partial charge is 0.333 e. The lowest BCUT2D eigenvalue weighted by Gasteiger charge is -2.35. The number of quaternary nitrogens is 1. The maximum Gasteiger partial charge on any atom is 0.333 e. The summed E-state index contributed by atoms with van der Waals surface area (Å²) in [6.45, 7) is 17.0. The van der Waals surface area contributed by atoms with Crippen LogP contribution in [-0.2, 0) is 9.53 Å². The molecule has 0 amide bonds. The lowest BCUT2D eigenvalue weighted by molar-refractivity contribution is -0.910. The summed E-state index contributed by atoms with van der Waals surface area (Å²) in [5, 5.41) is 0. The van der Waals surface area contributed by atoms with Gasteiger partial charge in [0, 0.05) is 5.57 Å². The number of nitrogens with zero attached hydrogens (tertiary/aromatic N) is 1. The molecule has 0 heterocycles. The summed E-state index contributed by atoms with van der Waals surface area (Å²) >= 11 is 0. The number of esters is 1. The van der Waals surface area contributed by atoms with Crippen molar-refractivity contribution >= 4 is 5.97 Å². The molecule has 0 aromatic heterocycles. The molecule has 3 heteroatoms. The molecule has 0 spiro atoms. The van der Waals surface area contributed by atoms with E-state index in [1.807, 2.05) is 0 Å². The highest BCUT2D eigenvalue weighted by Gasteiger charge is 2.20. The van der Waals surface area contributed by atoms with E-state index in [-0.39, 0.29) is 5.97 Å². The van der Waals surface area contributed by atoms with Gasteiger partial charge in [-0.3, -0.25) is 0 Å². The summed E-state index contributed by atoms with van der Waals surface area (Å²) in [6.07, 6.45) is 34.7. The average molecular weight is 579 g/mol. The van der Waals surface area contributed by atoms with Crippen LogP contribution in [0.2, 0.25) is 0 Å². The number of hydrogen-bond donors (Lipinski definition) is 0. The van der Waals surface area contributed by atoms with Crippen LogP contribution in [0.15, 0.2) is 12.2 Å². The molecule has 0 aliphatic heterocycles. The lowest BCUT2D eigenvalue weighted by atomic mass is 10.0. The molecule has 1 unspecified atom stereocenters. The third-order valence-corrected chi connectivity index (χ3v) is 8.97. The first-order valence-electron chi connectivity index (χ1n) is 18.5. The third kappa shape index (κ3) is 29.0. The van der Waals surface area contributed by atoms with E-state index in [9.17, 15) is 4.79 Å². The van der Waals surface area contributed by atoms with Gasteiger partial charge in [-0.15, -0.1) is 0 Å².